The van der Waals surface area contributed by atoms with Gasteiger partial charge in [-0.3, -0.25) is 0 Å². The van der Waals surface area contributed by atoms with Gasteiger partial charge in [0.2, 0.25) is 11.8 Å². The van der Waals surface area contributed by atoms with Crippen molar-refractivity contribution in [1.82, 2.24) is 10.2 Å². The standard InChI is InChI=1S/C22H23BrN2O2S/c23-14-6-2-3-7-18-10-12-19(13-11-18)22-25-24-21(27-22)17-28-16-15-26-20-8-4-1-5-9-20/h1,3-5,7-13H,2,6,14-17H2/b7-3-. The molecule has 2 aromatic carbocycles. The van der Waals surface area contributed by atoms with E-state index >= 15 is 0 Å². The van der Waals surface area contributed by atoms with Crippen LogP contribution in [0.4, 0.5) is 0 Å². The molecule has 6 heteroatoms. The van der Waals surface area contributed by atoms with E-state index in [4.69, 9.17) is 9.15 Å². The summed E-state index contributed by atoms with van der Waals surface area (Å²) in [6.45, 7) is 0.653. The van der Waals surface area contributed by atoms with Crippen molar-refractivity contribution in [3.8, 4) is 17.2 Å². The Kier molecular flexibility index (Phi) is 8.65. The Balaban J connectivity index is 1.42. The lowest BCUT2D eigenvalue weighted by atomic mass is 10.1. The molecule has 3 rings (SSSR count). The maximum atomic E-state index is 5.78. The lowest BCUT2D eigenvalue weighted by Crippen LogP contribution is -2.00. The molecule has 3 aromatic rings. The van der Waals surface area contributed by atoms with Crippen LogP contribution >= 0.6 is 27.7 Å². The van der Waals surface area contributed by atoms with Gasteiger partial charge in [-0.05, 0) is 42.7 Å². The number of hydrogen-bond donors (Lipinski definition) is 0. The van der Waals surface area contributed by atoms with Gasteiger partial charge in [0.15, 0.2) is 0 Å². The SMILES string of the molecule is BrCCC/C=C\c1ccc(-c2nnc(CSCCOc3ccccc3)o2)cc1. The van der Waals surface area contributed by atoms with Gasteiger partial charge in [0.05, 0.1) is 12.4 Å². The molecule has 0 N–H and O–H groups in total. The summed E-state index contributed by atoms with van der Waals surface area (Å²) in [5.74, 6) is 3.64. The van der Waals surface area contributed by atoms with E-state index in [2.05, 4.69) is 50.4 Å². The molecule has 0 amide bonds. The van der Waals surface area contributed by atoms with Crippen LogP contribution < -0.4 is 4.74 Å². The number of allylic oxidation sites excluding steroid dienone is 1. The van der Waals surface area contributed by atoms with Crippen molar-refractivity contribution in [1.29, 1.82) is 0 Å². The minimum atomic E-state index is 0.561. The summed E-state index contributed by atoms with van der Waals surface area (Å²) in [7, 11) is 0. The molecule has 0 bridgehead atoms. The van der Waals surface area contributed by atoms with E-state index in [9.17, 15) is 0 Å². The molecule has 1 heterocycles. The van der Waals surface area contributed by atoms with Crippen LogP contribution in [0.25, 0.3) is 17.5 Å². The molecule has 0 aliphatic rings. The Morgan fingerprint density at radius 1 is 1.04 bits per heavy atom. The smallest absolute Gasteiger partial charge is 0.247 e. The van der Waals surface area contributed by atoms with Crippen molar-refractivity contribution in [2.24, 2.45) is 0 Å². The van der Waals surface area contributed by atoms with Crippen molar-refractivity contribution < 1.29 is 9.15 Å². The highest BCUT2D eigenvalue weighted by molar-refractivity contribution is 9.09. The maximum Gasteiger partial charge on any atom is 0.247 e. The number of nitrogens with zero attached hydrogens (tertiary/aromatic N) is 2. The fourth-order valence-electron chi connectivity index (χ4n) is 2.47. The molecule has 28 heavy (non-hydrogen) atoms. The number of rotatable bonds is 11. The molecule has 0 saturated carbocycles. The molecule has 0 radical (unpaired) electrons. The molecule has 0 fully saturated rings. The van der Waals surface area contributed by atoms with Crippen LogP contribution in [0.3, 0.4) is 0 Å². The summed E-state index contributed by atoms with van der Waals surface area (Å²) in [6, 6.07) is 18.0. The Bertz CT molecular complexity index is 850. The third-order valence-electron chi connectivity index (χ3n) is 3.90. The zero-order chi connectivity index (χ0) is 19.4. The van der Waals surface area contributed by atoms with Crippen LogP contribution in [-0.4, -0.2) is 27.9 Å². The fourth-order valence-corrected chi connectivity index (χ4v) is 3.44. The number of alkyl halides is 1. The van der Waals surface area contributed by atoms with Crippen LogP contribution in [0.5, 0.6) is 5.75 Å². The zero-order valence-corrected chi connectivity index (χ0v) is 18.0. The molecule has 1 aromatic heterocycles. The minimum Gasteiger partial charge on any atom is -0.493 e. The molecule has 0 saturated heterocycles. The van der Waals surface area contributed by atoms with E-state index in [0.29, 0.717) is 24.1 Å². The van der Waals surface area contributed by atoms with Crippen molar-refractivity contribution in [3.05, 3.63) is 72.1 Å². The van der Waals surface area contributed by atoms with E-state index in [1.165, 1.54) is 5.56 Å². The van der Waals surface area contributed by atoms with E-state index in [0.717, 1.165) is 35.2 Å². The highest BCUT2D eigenvalue weighted by Crippen LogP contribution is 2.21. The van der Waals surface area contributed by atoms with Gasteiger partial charge in [0.25, 0.3) is 0 Å². The van der Waals surface area contributed by atoms with Gasteiger partial charge in [-0.15, -0.1) is 22.0 Å². The Morgan fingerprint density at radius 3 is 2.64 bits per heavy atom. The van der Waals surface area contributed by atoms with Crippen LogP contribution in [0.1, 0.15) is 24.3 Å². The van der Waals surface area contributed by atoms with Crippen LogP contribution in [0.2, 0.25) is 0 Å². The van der Waals surface area contributed by atoms with E-state index < -0.39 is 0 Å². The molecule has 0 aliphatic heterocycles. The van der Waals surface area contributed by atoms with Gasteiger partial charge in [0.1, 0.15) is 5.75 Å². The second-order valence-electron chi connectivity index (χ2n) is 6.07. The summed E-state index contributed by atoms with van der Waals surface area (Å²) in [4.78, 5) is 0. The topological polar surface area (TPSA) is 48.2 Å². The third-order valence-corrected chi connectivity index (χ3v) is 5.37. The molecule has 146 valence electrons. The van der Waals surface area contributed by atoms with Crippen molar-refractivity contribution in [2.75, 3.05) is 17.7 Å². The molecular formula is C22H23BrN2O2S. The van der Waals surface area contributed by atoms with Crippen molar-refractivity contribution in [2.45, 2.75) is 18.6 Å². The van der Waals surface area contributed by atoms with Crippen molar-refractivity contribution >= 4 is 33.8 Å². The van der Waals surface area contributed by atoms with Crippen LogP contribution in [-0.2, 0) is 5.75 Å². The lowest BCUT2D eigenvalue weighted by Gasteiger charge is -2.04. The van der Waals surface area contributed by atoms with Crippen LogP contribution in [0.15, 0.2) is 65.1 Å². The summed E-state index contributed by atoms with van der Waals surface area (Å²) >= 11 is 5.16. The number of halogens is 1. The average molecular weight is 459 g/mol. The van der Waals surface area contributed by atoms with Crippen LogP contribution in [0, 0.1) is 0 Å². The van der Waals surface area contributed by atoms with Gasteiger partial charge < -0.3 is 9.15 Å². The number of aromatic nitrogens is 2. The number of benzene rings is 2. The summed E-state index contributed by atoms with van der Waals surface area (Å²) in [5.41, 5.74) is 2.11. The second-order valence-corrected chi connectivity index (χ2v) is 7.97. The number of hydrogen-bond acceptors (Lipinski definition) is 5. The quantitative estimate of drug-likeness (QED) is 0.251. The van der Waals surface area contributed by atoms with E-state index in [1.54, 1.807) is 11.8 Å². The maximum absolute atomic E-state index is 5.78. The first-order chi connectivity index (χ1) is 13.8. The Hall–Kier alpha value is -2.05. The Morgan fingerprint density at radius 2 is 1.86 bits per heavy atom. The molecule has 0 spiro atoms. The van der Waals surface area contributed by atoms with Gasteiger partial charge in [-0.2, -0.15) is 0 Å². The first kappa shape index (κ1) is 20.7. The summed E-state index contributed by atoms with van der Waals surface area (Å²) < 4.78 is 11.5. The Labute approximate surface area is 178 Å². The predicted octanol–water partition coefficient (Wildman–Crippen LogP) is 6.24. The van der Waals surface area contributed by atoms with Gasteiger partial charge in [-0.25, -0.2) is 0 Å². The normalized spacial score (nSPS) is 11.2. The number of thioether (sulfide) groups is 1. The van der Waals surface area contributed by atoms with E-state index in [1.807, 2.05) is 42.5 Å². The number of unbranched alkanes of at least 4 members (excludes halogenated alkanes) is 1. The first-order valence-electron chi connectivity index (χ1n) is 9.26. The third kappa shape index (κ3) is 6.84. The first-order valence-corrected chi connectivity index (χ1v) is 11.5. The highest BCUT2D eigenvalue weighted by atomic mass is 79.9. The predicted molar refractivity (Wildman–Crippen MR) is 120 cm³/mol. The average Bonchev–Trinajstić information content (AvgIpc) is 3.21. The highest BCUT2D eigenvalue weighted by Gasteiger charge is 2.08. The van der Waals surface area contributed by atoms with Gasteiger partial charge in [0, 0.05) is 16.6 Å². The monoisotopic (exact) mass is 458 g/mol. The minimum absolute atomic E-state index is 0.561. The zero-order valence-electron chi connectivity index (χ0n) is 15.6. The summed E-state index contributed by atoms with van der Waals surface area (Å²) in [5, 5.41) is 9.34. The van der Waals surface area contributed by atoms with E-state index in [-0.39, 0.29) is 0 Å². The van der Waals surface area contributed by atoms with Crippen molar-refractivity contribution in [3.63, 3.8) is 0 Å². The van der Waals surface area contributed by atoms with Gasteiger partial charge >= 0.3 is 0 Å². The fraction of sp³-hybridized carbons (Fsp3) is 0.273. The molecule has 0 unspecified atom stereocenters. The molecule has 4 nitrogen and oxygen atoms in total. The van der Waals surface area contributed by atoms with Gasteiger partial charge in [-0.1, -0.05) is 58.4 Å². The molecule has 0 aliphatic carbocycles. The largest absolute Gasteiger partial charge is 0.493 e. The second kappa shape index (κ2) is 11.7. The number of ether oxygens (including phenoxy) is 1. The molecular weight excluding hydrogens is 436 g/mol. The summed E-state index contributed by atoms with van der Waals surface area (Å²) in [6.07, 6.45) is 6.56. The lowest BCUT2D eigenvalue weighted by molar-refractivity contribution is 0.344. The molecule has 0 atom stereocenters. The number of para-hydroxylation sites is 1.